The second-order valence-corrected chi connectivity index (χ2v) is 3.50. The molecule has 2 heterocycles. The van der Waals surface area contributed by atoms with Crippen molar-refractivity contribution in [3.63, 3.8) is 0 Å². The zero-order chi connectivity index (χ0) is 7.14. The van der Waals surface area contributed by atoms with Gasteiger partial charge in [0, 0.05) is 24.9 Å². The van der Waals surface area contributed by atoms with E-state index in [2.05, 4.69) is 11.9 Å². The summed E-state index contributed by atoms with van der Waals surface area (Å²) in [5.74, 6) is 0.477. The molecule has 0 amide bonds. The van der Waals surface area contributed by atoms with Crippen LogP contribution in [0.4, 0.5) is 0 Å². The second kappa shape index (κ2) is 3.11. The summed E-state index contributed by atoms with van der Waals surface area (Å²) in [7, 11) is 2.15. The number of hydrogen-bond acceptors (Lipinski definition) is 2. The van der Waals surface area contributed by atoms with E-state index in [-0.39, 0.29) is 12.4 Å². The Morgan fingerprint density at radius 3 is 2.18 bits per heavy atom. The summed E-state index contributed by atoms with van der Waals surface area (Å²) in [6.45, 7) is 0. The minimum absolute atomic E-state index is 0. The average molecular weight is 176 g/mol. The van der Waals surface area contributed by atoms with Crippen molar-refractivity contribution in [3.8, 4) is 0 Å². The van der Waals surface area contributed by atoms with Gasteiger partial charge in [0.15, 0.2) is 0 Å². The van der Waals surface area contributed by atoms with Crippen LogP contribution in [0.15, 0.2) is 0 Å². The van der Waals surface area contributed by atoms with E-state index < -0.39 is 0 Å². The maximum Gasteiger partial charge on any atom is 0.136 e. The Bertz CT molecular complexity index is 155. The molecule has 2 bridgehead atoms. The summed E-state index contributed by atoms with van der Waals surface area (Å²) < 4.78 is 0. The first kappa shape index (κ1) is 9.01. The third kappa shape index (κ3) is 1.42. The molecule has 2 aliphatic rings. The molecule has 2 unspecified atom stereocenters. The SMILES string of the molecule is CN1C2CCC1CC(=O)C2.Cl. The molecule has 2 aliphatic heterocycles. The molecule has 2 atom stereocenters. The zero-order valence-electron chi connectivity index (χ0n) is 6.75. The lowest BCUT2D eigenvalue weighted by Gasteiger charge is -2.29. The smallest absolute Gasteiger partial charge is 0.136 e. The van der Waals surface area contributed by atoms with E-state index in [1.54, 1.807) is 0 Å². The highest BCUT2D eigenvalue weighted by atomic mass is 35.5. The van der Waals surface area contributed by atoms with Crippen molar-refractivity contribution in [2.75, 3.05) is 7.05 Å². The van der Waals surface area contributed by atoms with Gasteiger partial charge in [0.25, 0.3) is 0 Å². The second-order valence-electron chi connectivity index (χ2n) is 3.50. The van der Waals surface area contributed by atoms with Crippen LogP contribution in [0, 0.1) is 0 Å². The molecule has 0 aromatic heterocycles. The maximum atomic E-state index is 11.0. The van der Waals surface area contributed by atoms with Crippen LogP contribution in [0.1, 0.15) is 25.7 Å². The largest absolute Gasteiger partial charge is 0.300 e. The third-order valence-corrected chi connectivity index (χ3v) is 2.91. The van der Waals surface area contributed by atoms with E-state index in [0.29, 0.717) is 17.9 Å². The highest BCUT2D eigenvalue weighted by molar-refractivity contribution is 5.85. The molecular weight excluding hydrogens is 162 g/mol. The number of rotatable bonds is 0. The number of carbonyl (C=O) groups is 1. The fourth-order valence-corrected chi connectivity index (χ4v) is 2.19. The van der Waals surface area contributed by atoms with Crippen molar-refractivity contribution in [1.29, 1.82) is 0 Å². The summed E-state index contributed by atoms with van der Waals surface area (Å²) in [6.07, 6.45) is 4.11. The summed E-state index contributed by atoms with van der Waals surface area (Å²) in [5, 5.41) is 0. The minimum atomic E-state index is 0. The van der Waals surface area contributed by atoms with Crippen molar-refractivity contribution in [3.05, 3.63) is 0 Å². The number of halogens is 1. The molecule has 0 N–H and O–H groups in total. The summed E-state index contributed by atoms with van der Waals surface area (Å²) >= 11 is 0. The van der Waals surface area contributed by atoms with Crippen LogP contribution in [0.5, 0.6) is 0 Å². The van der Waals surface area contributed by atoms with Crippen LogP contribution >= 0.6 is 12.4 Å². The number of carbonyl (C=O) groups excluding carboxylic acids is 1. The molecule has 0 aromatic carbocycles. The van der Waals surface area contributed by atoms with Gasteiger partial charge in [-0.15, -0.1) is 12.4 Å². The minimum Gasteiger partial charge on any atom is -0.300 e. The molecule has 11 heavy (non-hydrogen) atoms. The van der Waals surface area contributed by atoms with Crippen LogP contribution in [0.2, 0.25) is 0 Å². The lowest BCUT2D eigenvalue weighted by molar-refractivity contribution is -0.123. The number of nitrogens with zero attached hydrogens (tertiary/aromatic N) is 1. The first-order valence-corrected chi connectivity index (χ1v) is 4.01. The monoisotopic (exact) mass is 175 g/mol. The third-order valence-electron chi connectivity index (χ3n) is 2.91. The van der Waals surface area contributed by atoms with Gasteiger partial charge in [-0.2, -0.15) is 0 Å². The number of ketones is 1. The van der Waals surface area contributed by atoms with Crippen LogP contribution in [0.3, 0.4) is 0 Å². The lowest BCUT2D eigenvalue weighted by atomic mass is 10.0. The van der Waals surface area contributed by atoms with Crippen LogP contribution in [-0.2, 0) is 4.79 Å². The molecule has 2 nitrogen and oxygen atoms in total. The molecule has 2 fully saturated rings. The van der Waals surface area contributed by atoms with Crippen molar-refractivity contribution in [2.45, 2.75) is 37.8 Å². The van der Waals surface area contributed by atoms with E-state index in [1.807, 2.05) is 0 Å². The number of Topliss-reactive ketones (excluding diaryl/α,β-unsaturated/α-hetero) is 1. The number of hydrogen-bond donors (Lipinski definition) is 0. The Labute approximate surface area is 73.4 Å². The molecule has 64 valence electrons. The van der Waals surface area contributed by atoms with Crippen LogP contribution in [-0.4, -0.2) is 29.8 Å². The fraction of sp³-hybridized carbons (Fsp3) is 0.875. The number of fused-ring (bicyclic) bond motifs is 2. The van der Waals surface area contributed by atoms with Crippen molar-refractivity contribution in [1.82, 2.24) is 4.90 Å². The first-order chi connectivity index (χ1) is 4.77. The molecular formula is C8H14ClNO. The van der Waals surface area contributed by atoms with Gasteiger partial charge in [0.1, 0.15) is 5.78 Å². The van der Waals surface area contributed by atoms with Gasteiger partial charge in [0.05, 0.1) is 0 Å². The lowest BCUT2D eigenvalue weighted by Crippen LogP contribution is -2.39. The van der Waals surface area contributed by atoms with Gasteiger partial charge in [0.2, 0.25) is 0 Å². The van der Waals surface area contributed by atoms with Gasteiger partial charge in [-0.3, -0.25) is 9.69 Å². The van der Waals surface area contributed by atoms with Gasteiger partial charge in [-0.05, 0) is 19.9 Å². The standard InChI is InChI=1S/C8H13NO.ClH/c1-9-6-2-3-7(9)5-8(10)4-6;/h6-7H,2-5H2,1H3;1H. The summed E-state index contributed by atoms with van der Waals surface area (Å²) in [6, 6.07) is 1.18. The van der Waals surface area contributed by atoms with Gasteiger partial charge in [-0.1, -0.05) is 0 Å². The molecule has 0 saturated carbocycles. The van der Waals surface area contributed by atoms with Gasteiger partial charge in [-0.25, -0.2) is 0 Å². The van der Waals surface area contributed by atoms with Crippen LogP contribution < -0.4 is 0 Å². The quantitative estimate of drug-likeness (QED) is 0.552. The Hall–Kier alpha value is -0.0800. The van der Waals surface area contributed by atoms with Crippen molar-refractivity contribution >= 4 is 18.2 Å². The highest BCUT2D eigenvalue weighted by Crippen LogP contribution is 2.31. The summed E-state index contributed by atoms with van der Waals surface area (Å²) in [5.41, 5.74) is 0. The molecule has 3 heteroatoms. The first-order valence-electron chi connectivity index (χ1n) is 4.01. The van der Waals surface area contributed by atoms with E-state index >= 15 is 0 Å². The van der Waals surface area contributed by atoms with Crippen molar-refractivity contribution in [2.24, 2.45) is 0 Å². The molecule has 2 rings (SSSR count). The average Bonchev–Trinajstić information content (AvgIpc) is 2.20. The van der Waals surface area contributed by atoms with E-state index in [9.17, 15) is 4.79 Å². The van der Waals surface area contributed by atoms with Crippen LogP contribution in [0.25, 0.3) is 0 Å². The van der Waals surface area contributed by atoms with Crippen molar-refractivity contribution < 1.29 is 4.79 Å². The van der Waals surface area contributed by atoms with E-state index in [1.165, 1.54) is 12.8 Å². The van der Waals surface area contributed by atoms with Gasteiger partial charge < -0.3 is 0 Å². The highest BCUT2D eigenvalue weighted by Gasteiger charge is 2.37. The Morgan fingerprint density at radius 2 is 1.73 bits per heavy atom. The Balaban J connectivity index is 0.000000605. The Morgan fingerprint density at radius 1 is 1.27 bits per heavy atom. The molecule has 0 spiro atoms. The Kier molecular flexibility index (Phi) is 2.55. The molecule has 0 radical (unpaired) electrons. The predicted octanol–water partition coefficient (Wildman–Crippen LogP) is 1.23. The molecule has 2 saturated heterocycles. The zero-order valence-corrected chi connectivity index (χ0v) is 7.56. The molecule has 0 aromatic rings. The van der Waals surface area contributed by atoms with Gasteiger partial charge >= 0.3 is 0 Å². The van der Waals surface area contributed by atoms with E-state index in [0.717, 1.165) is 12.8 Å². The maximum absolute atomic E-state index is 11.0. The topological polar surface area (TPSA) is 20.3 Å². The summed E-state index contributed by atoms with van der Waals surface area (Å²) in [4.78, 5) is 13.4. The molecule has 0 aliphatic carbocycles. The fourth-order valence-electron chi connectivity index (χ4n) is 2.19. The number of piperidine rings is 1. The predicted molar refractivity (Wildman–Crippen MR) is 46.1 cm³/mol. The van der Waals surface area contributed by atoms with E-state index in [4.69, 9.17) is 0 Å². The normalized spacial score (nSPS) is 37.0.